The molecule has 2 rings (SSSR count). The molecule has 0 radical (unpaired) electrons. The molecule has 1 aliphatic heterocycles. The summed E-state index contributed by atoms with van der Waals surface area (Å²) in [5.74, 6) is 0.136. The molecule has 2 unspecified atom stereocenters. The standard InChI is InChI=1S/C17H26N2O2/c1-4-18-16-12-21-11-15(16)17(20)19(5-2)10-14-8-6-7-13(3)9-14/h6-9,15-16,18H,4-5,10-12H2,1-3H3. The number of hydrogen-bond donors (Lipinski definition) is 1. The third-order valence-corrected chi connectivity index (χ3v) is 4.01. The van der Waals surface area contributed by atoms with Crippen molar-refractivity contribution in [2.24, 2.45) is 5.92 Å². The zero-order valence-corrected chi connectivity index (χ0v) is 13.3. The molecular weight excluding hydrogens is 264 g/mol. The lowest BCUT2D eigenvalue weighted by Crippen LogP contribution is -2.45. The maximum atomic E-state index is 12.8. The van der Waals surface area contributed by atoms with Gasteiger partial charge in [0.1, 0.15) is 0 Å². The van der Waals surface area contributed by atoms with E-state index in [4.69, 9.17) is 4.74 Å². The monoisotopic (exact) mass is 290 g/mol. The molecule has 1 N–H and O–H groups in total. The Morgan fingerprint density at radius 3 is 2.86 bits per heavy atom. The van der Waals surface area contributed by atoms with Crippen LogP contribution in [0.25, 0.3) is 0 Å². The summed E-state index contributed by atoms with van der Waals surface area (Å²) in [6, 6.07) is 8.49. The molecule has 21 heavy (non-hydrogen) atoms. The van der Waals surface area contributed by atoms with Crippen molar-refractivity contribution >= 4 is 5.91 Å². The third kappa shape index (κ3) is 4.05. The number of carbonyl (C=O) groups excluding carboxylic acids is 1. The summed E-state index contributed by atoms with van der Waals surface area (Å²) in [5, 5.41) is 3.35. The van der Waals surface area contributed by atoms with Gasteiger partial charge in [0, 0.05) is 19.1 Å². The molecule has 4 heteroatoms. The normalized spacial score (nSPS) is 21.5. The predicted octanol–water partition coefficient (Wildman–Crippen LogP) is 1.97. The maximum absolute atomic E-state index is 12.8. The SMILES string of the molecule is CCNC1COCC1C(=O)N(CC)Cc1cccc(C)c1. The van der Waals surface area contributed by atoms with Crippen LogP contribution in [0.5, 0.6) is 0 Å². The van der Waals surface area contributed by atoms with E-state index in [0.29, 0.717) is 19.8 Å². The molecule has 2 atom stereocenters. The van der Waals surface area contributed by atoms with Gasteiger partial charge in [-0.05, 0) is 26.0 Å². The van der Waals surface area contributed by atoms with Crippen molar-refractivity contribution in [2.75, 3.05) is 26.3 Å². The molecule has 1 heterocycles. The number of ether oxygens (including phenoxy) is 1. The lowest BCUT2D eigenvalue weighted by atomic mass is 10.0. The Kier molecular flexibility index (Phi) is 5.76. The average molecular weight is 290 g/mol. The minimum Gasteiger partial charge on any atom is -0.379 e. The summed E-state index contributed by atoms with van der Waals surface area (Å²) in [4.78, 5) is 14.7. The fourth-order valence-corrected chi connectivity index (χ4v) is 2.87. The first-order chi connectivity index (χ1) is 10.2. The Bertz CT molecular complexity index is 476. The van der Waals surface area contributed by atoms with Crippen LogP contribution in [0, 0.1) is 12.8 Å². The number of rotatable bonds is 6. The smallest absolute Gasteiger partial charge is 0.229 e. The van der Waals surface area contributed by atoms with Crippen LogP contribution in [0.4, 0.5) is 0 Å². The van der Waals surface area contributed by atoms with Crippen LogP contribution in [-0.2, 0) is 16.1 Å². The van der Waals surface area contributed by atoms with E-state index in [-0.39, 0.29) is 17.9 Å². The quantitative estimate of drug-likeness (QED) is 0.871. The van der Waals surface area contributed by atoms with Crippen molar-refractivity contribution in [3.05, 3.63) is 35.4 Å². The van der Waals surface area contributed by atoms with E-state index in [1.165, 1.54) is 11.1 Å². The molecule has 116 valence electrons. The predicted molar refractivity (Wildman–Crippen MR) is 84.0 cm³/mol. The van der Waals surface area contributed by atoms with Crippen molar-refractivity contribution in [1.29, 1.82) is 0 Å². The summed E-state index contributed by atoms with van der Waals surface area (Å²) >= 11 is 0. The fraction of sp³-hybridized carbons (Fsp3) is 0.588. The minimum absolute atomic E-state index is 0.0605. The van der Waals surface area contributed by atoms with E-state index in [1.54, 1.807) is 0 Å². The van der Waals surface area contributed by atoms with Crippen LogP contribution >= 0.6 is 0 Å². The molecule has 1 aliphatic rings. The molecule has 1 aromatic carbocycles. The highest BCUT2D eigenvalue weighted by molar-refractivity contribution is 5.80. The molecule has 0 bridgehead atoms. The van der Waals surface area contributed by atoms with Gasteiger partial charge in [-0.15, -0.1) is 0 Å². The summed E-state index contributed by atoms with van der Waals surface area (Å²) in [6.07, 6.45) is 0. The van der Waals surface area contributed by atoms with Gasteiger partial charge >= 0.3 is 0 Å². The summed E-state index contributed by atoms with van der Waals surface area (Å²) in [6.45, 7) is 9.59. The van der Waals surface area contributed by atoms with Gasteiger partial charge in [0.05, 0.1) is 19.1 Å². The van der Waals surface area contributed by atoms with Crippen molar-refractivity contribution in [1.82, 2.24) is 10.2 Å². The Morgan fingerprint density at radius 1 is 1.38 bits per heavy atom. The lowest BCUT2D eigenvalue weighted by molar-refractivity contribution is -0.136. The zero-order valence-electron chi connectivity index (χ0n) is 13.3. The molecule has 0 spiro atoms. The van der Waals surface area contributed by atoms with Crippen LogP contribution in [0.3, 0.4) is 0 Å². The second-order valence-electron chi connectivity index (χ2n) is 5.65. The Morgan fingerprint density at radius 2 is 2.19 bits per heavy atom. The first-order valence-corrected chi connectivity index (χ1v) is 7.81. The molecule has 1 fully saturated rings. The van der Waals surface area contributed by atoms with Gasteiger partial charge in [0.25, 0.3) is 0 Å². The van der Waals surface area contributed by atoms with Gasteiger partial charge in [-0.2, -0.15) is 0 Å². The lowest BCUT2D eigenvalue weighted by Gasteiger charge is -2.27. The van der Waals surface area contributed by atoms with Crippen LogP contribution in [0.1, 0.15) is 25.0 Å². The van der Waals surface area contributed by atoms with Crippen LogP contribution in [0.2, 0.25) is 0 Å². The zero-order chi connectivity index (χ0) is 15.2. The highest BCUT2D eigenvalue weighted by Gasteiger charge is 2.35. The number of benzene rings is 1. The molecule has 0 aliphatic carbocycles. The van der Waals surface area contributed by atoms with E-state index in [1.807, 2.05) is 17.9 Å². The fourth-order valence-electron chi connectivity index (χ4n) is 2.87. The Balaban J connectivity index is 2.04. The topological polar surface area (TPSA) is 41.6 Å². The molecule has 1 amide bonds. The number of nitrogens with zero attached hydrogens (tertiary/aromatic N) is 1. The van der Waals surface area contributed by atoms with Gasteiger partial charge < -0.3 is 15.0 Å². The van der Waals surface area contributed by atoms with Gasteiger partial charge in [-0.3, -0.25) is 4.79 Å². The highest BCUT2D eigenvalue weighted by Crippen LogP contribution is 2.18. The number of likely N-dealkylation sites (N-methyl/N-ethyl adjacent to an activating group) is 1. The number of aryl methyl sites for hydroxylation is 1. The van der Waals surface area contributed by atoms with E-state index < -0.39 is 0 Å². The highest BCUT2D eigenvalue weighted by atomic mass is 16.5. The van der Waals surface area contributed by atoms with E-state index in [9.17, 15) is 4.79 Å². The first-order valence-electron chi connectivity index (χ1n) is 7.81. The Hall–Kier alpha value is -1.39. The van der Waals surface area contributed by atoms with Crippen LogP contribution < -0.4 is 5.32 Å². The van der Waals surface area contributed by atoms with Crippen molar-refractivity contribution < 1.29 is 9.53 Å². The summed E-state index contributed by atoms with van der Waals surface area (Å²) in [7, 11) is 0. The summed E-state index contributed by atoms with van der Waals surface area (Å²) < 4.78 is 5.50. The molecule has 1 aromatic rings. The van der Waals surface area contributed by atoms with Gasteiger partial charge in [-0.1, -0.05) is 36.8 Å². The van der Waals surface area contributed by atoms with Crippen molar-refractivity contribution in [2.45, 2.75) is 33.4 Å². The van der Waals surface area contributed by atoms with Crippen LogP contribution in [0.15, 0.2) is 24.3 Å². The van der Waals surface area contributed by atoms with Crippen LogP contribution in [-0.4, -0.2) is 43.2 Å². The van der Waals surface area contributed by atoms with E-state index in [2.05, 4.69) is 37.4 Å². The molecule has 0 saturated carbocycles. The minimum atomic E-state index is -0.0605. The first kappa shape index (κ1) is 16.0. The molecular formula is C17H26N2O2. The van der Waals surface area contributed by atoms with Gasteiger partial charge in [0.15, 0.2) is 0 Å². The number of amides is 1. The van der Waals surface area contributed by atoms with Gasteiger partial charge in [-0.25, -0.2) is 0 Å². The largest absolute Gasteiger partial charge is 0.379 e. The van der Waals surface area contributed by atoms with E-state index in [0.717, 1.165) is 13.1 Å². The molecule has 4 nitrogen and oxygen atoms in total. The maximum Gasteiger partial charge on any atom is 0.229 e. The van der Waals surface area contributed by atoms with Gasteiger partial charge in [0.2, 0.25) is 5.91 Å². The summed E-state index contributed by atoms with van der Waals surface area (Å²) in [5.41, 5.74) is 2.41. The van der Waals surface area contributed by atoms with Crippen molar-refractivity contribution in [3.8, 4) is 0 Å². The number of hydrogen-bond acceptors (Lipinski definition) is 3. The molecule has 1 saturated heterocycles. The third-order valence-electron chi connectivity index (χ3n) is 4.01. The second kappa shape index (κ2) is 7.57. The van der Waals surface area contributed by atoms with Crippen molar-refractivity contribution in [3.63, 3.8) is 0 Å². The van der Waals surface area contributed by atoms with E-state index >= 15 is 0 Å². The Labute approximate surface area is 127 Å². The average Bonchev–Trinajstić information content (AvgIpc) is 2.93. The second-order valence-corrected chi connectivity index (χ2v) is 5.65. The molecule has 0 aromatic heterocycles. The number of nitrogens with one attached hydrogen (secondary N) is 1. The number of carbonyl (C=O) groups is 1.